The third-order valence-corrected chi connectivity index (χ3v) is 3.28. The number of ether oxygens (including phenoxy) is 1. The molecule has 0 aliphatic rings. The van der Waals surface area contributed by atoms with Crippen LogP contribution in [0.5, 0.6) is 5.75 Å². The average molecular weight is 358 g/mol. The molecule has 0 aromatic heterocycles. The summed E-state index contributed by atoms with van der Waals surface area (Å²) in [6.45, 7) is 2.65. The van der Waals surface area contributed by atoms with Crippen molar-refractivity contribution in [3.63, 3.8) is 0 Å². The maximum absolute atomic E-state index is 11.6. The number of amides is 1. The SMILES string of the molecule is CC(CNC(=O)CCCOc1cccc(Br)c1)CC(=O)O. The van der Waals surface area contributed by atoms with E-state index in [1.165, 1.54) is 0 Å². The summed E-state index contributed by atoms with van der Waals surface area (Å²) in [5, 5.41) is 11.3. The smallest absolute Gasteiger partial charge is 0.303 e. The van der Waals surface area contributed by atoms with E-state index in [2.05, 4.69) is 21.2 Å². The van der Waals surface area contributed by atoms with Crippen LogP contribution in [0.25, 0.3) is 0 Å². The summed E-state index contributed by atoms with van der Waals surface area (Å²) in [5.41, 5.74) is 0. The van der Waals surface area contributed by atoms with Crippen molar-refractivity contribution >= 4 is 27.8 Å². The highest BCUT2D eigenvalue weighted by Gasteiger charge is 2.09. The maximum atomic E-state index is 11.6. The van der Waals surface area contributed by atoms with Gasteiger partial charge in [0.05, 0.1) is 6.61 Å². The Hall–Kier alpha value is -1.56. The molecule has 0 aliphatic carbocycles. The lowest BCUT2D eigenvalue weighted by atomic mass is 10.1. The standard InChI is InChI=1S/C15H20BrNO4/c1-11(8-15(19)20)10-17-14(18)6-3-7-21-13-5-2-4-12(16)9-13/h2,4-5,9,11H,3,6-8,10H2,1H3,(H,17,18)(H,19,20). The average Bonchev–Trinajstić information content (AvgIpc) is 2.41. The number of hydrogen-bond donors (Lipinski definition) is 2. The van der Waals surface area contributed by atoms with Crippen molar-refractivity contribution in [1.29, 1.82) is 0 Å². The summed E-state index contributed by atoms with van der Waals surface area (Å²) in [7, 11) is 0. The second kappa shape index (κ2) is 9.39. The monoisotopic (exact) mass is 357 g/mol. The molecular formula is C15H20BrNO4. The summed E-state index contributed by atoms with van der Waals surface area (Å²) >= 11 is 3.36. The first-order valence-electron chi connectivity index (χ1n) is 6.84. The number of hydrogen-bond acceptors (Lipinski definition) is 3. The van der Waals surface area contributed by atoms with Crippen LogP contribution in [0, 0.1) is 5.92 Å². The quantitative estimate of drug-likeness (QED) is 0.666. The molecule has 0 spiro atoms. The molecule has 1 atom stereocenters. The number of rotatable bonds is 9. The predicted octanol–water partition coefficient (Wildman–Crippen LogP) is 2.84. The van der Waals surface area contributed by atoms with Gasteiger partial charge in [-0.05, 0) is 30.5 Å². The van der Waals surface area contributed by atoms with Gasteiger partial charge in [0.15, 0.2) is 0 Å². The molecule has 0 heterocycles. The highest BCUT2D eigenvalue weighted by Crippen LogP contribution is 2.17. The van der Waals surface area contributed by atoms with Gasteiger partial charge in [0.1, 0.15) is 5.75 Å². The van der Waals surface area contributed by atoms with Crippen LogP contribution in [-0.4, -0.2) is 30.1 Å². The maximum Gasteiger partial charge on any atom is 0.303 e. The van der Waals surface area contributed by atoms with E-state index in [-0.39, 0.29) is 18.2 Å². The van der Waals surface area contributed by atoms with Crippen LogP contribution in [-0.2, 0) is 9.59 Å². The summed E-state index contributed by atoms with van der Waals surface area (Å²) < 4.78 is 6.48. The first-order valence-corrected chi connectivity index (χ1v) is 7.63. The van der Waals surface area contributed by atoms with Crippen LogP contribution in [0.3, 0.4) is 0 Å². The minimum atomic E-state index is -0.848. The van der Waals surface area contributed by atoms with Crippen molar-refractivity contribution in [2.45, 2.75) is 26.2 Å². The molecule has 1 amide bonds. The van der Waals surface area contributed by atoms with E-state index in [1.54, 1.807) is 6.92 Å². The van der Waals surface area contributed by atoms with Crippen LogP contribution < -0.4 is 10.1 Å². The van der Waals surface area contributed by atoms with Crippen LogP contribution in [0.4, 0.5) is 0 Å². The minimum Gasteiger partial charge on any atom is -0.494 e. The Labute approximate surface area is 132 Å². The molecule has 0 saturated carbocycles. The van der Waals surface area contributed by atoms with E-state index < -0.39 is 5.97 Å². The lowest BCUT2D eigenvalue weighted by Crippen LogP contribution is -2.29. The van der Waals surface area contributed by atoms with Crippen molar-refractivity contribution in [1.82, 2.24) is 5.32 Å². The van der Waals surface area contributed by atoms with Gasteiger partial charge in [0.2, 0.25) is 5.91 Å². The van der Waals surface area contributed by atoms with E-state index in [0.717, 1.165) is 10.2 Å². The highest BCUT2D eigenvalue weighted by molar-refractivity contribution is 9.10. The summed E-state index contributed by atoms with van der Waals surface area (Å²) in [4.78, 5) is 22.1. The molecule has 116 valence electrons. The van der Waals surface area contributed by atoms with E-state index in [0.29, 0.717) is 26.0 Å². The number of carbonyl (C=O) groups excluding carboxylic acids is 1. The van der Waals surface area contributed by atoms with Crippen LogP contribution >= 0.6 is 15.9 Å². The van der Waals surface area contributed by atoms with Crippen molar-refractivity contribution in [2.75, 3.05) is 13.2 Å². The fourth-order valence-electron chi connectivity index (χ4n) is 1.73. The van der Waals surface area contributed by atoms with Crippen LogP contribution in [0.1, 0.15) is 26.2 Å². The Bertz CT molecular complexity index is 478. The Balaban J connectivity index is 2.12. The van der Waals surface area contributed by atoms with E-state index >= 15 is 0 Å². The first-order chi connectivity index (χ1) is 9.97. The van der Waals surface area contributed by atoms with Crippen molar-refractivity contribution in [3.05, 3.63) is 28.7 Å². The van der Waals surface area contributed by atoms with Gasteiger partial charge in [0, 0.05) is 23.9 Å². The van der Waals surface area contributed by atoms with Crippen molar-refractivity contribution in [2.24, 2.45) is 5.92 Å². The highest BCUT2D eigenvalue weighted by atomic mass is 79.9. The number of halogens is 1. The summed E-state index contributed by atoms with van der Waals surface area (Å²) in [6, 6.07) is 7.53. The van der Waals surface area contributed by atoms with E-state index in [4.69, 9.17) is 9.84 Å². The van der Waals surface area contributed by atoms with E-state index in [9.17, 15) is 9.59 Å². The molecule has 1 aromatic rings. The minimum absolute atomic E-state index is 0.0618. The Morgan fingerprint density at radius 2 is 2.19 bits per heavy atom. The second-order valence-electron chi connectivity index (χ2n) is 4.92. The molecule has 21 heavy (non-hydrogen) atoms. The third kappa shape index (κ3) is 8.34. The van der Waals surface area contributed by atoms with Gasteiger partial charge in [-0.25, -0.2) is 0 Å². The molecule has 0 fully saturated rings. The number of carboxylic acids is 1. The Kier molecular flexibility index (Phi) is 7.82. The van der Waals surface area contributed by atoms with Gasteiger partial charge in [-0.1, -0.05) is 28.9 Å². The number of carboxylic acid groups (broad SMARTS) is 1. The van der Waals surface area contributed by atoms with Crippen LogP contribution in [0.15, 0.2) is 28.7 Å². The first kappa shape index (κ1) is 17.5. The topological polar surface area (TPSA) is 75.6 Å². The molecule has 2 N–H and O–H groups in total. The summed E-state index contributed by atoms with van der Waals surface area (Å²) in [6.07, 6.45) is 1.05. The zero-order valence-corrected chi connectivity index (χ0v) is 13.6. The number of benzene rings is 1. The molecule has 6 heteroatoms. The third-order valence-electron chi connectivity index (χ3n) is 2.78. The van der Waals surface area contributed by atoms with Gasteiger partial charge in [-0.2, -0.15) is 0 Å². The molecule has 5 nitrogen and oxygen atoms in total. The van der Waals surface area contributed by atoms with Gasteiger partial charge in [-0.3, -0.25) is 9.59 Å². The number of carbonyl (C=O) groups is 2. The molecule has 0 saturated heterocycles. The molecule has 0 aliphatic heterocycles. The summed E-state index contributed by atoms with van der Waals surface area (Å²) in [5.74, 6) is -0.228. The fourth-order valence-corrected chi connectivity index (χ4v) is 2.10. The van der Waals surface area contributed by atoms with Crippen molar-refractivity contribution in [3.8, 4) is 5.75 Å². The van der Waals surface area contributed by atoms with Crippen LogP contribution in [0.2, 0.25) is 0 Å². The Morgan fingerprint density at radius 1 is 1.43 bits per heavy atom. The zero-order chi connectivity index (χ0) is 15.7. The van der Waals surface area contributed by atoms with Gasteiger partial charge in [-0.15, -0.1) is 0 Å². The predicted molar refractivity (Wildman–Crippen MR) is 83.3 cm³/mol. The number of nitrogens with one attached hydrogen (secondary N) is 1. The second-order valence-corrected chi connectivity index (χ2v) is 5.83. The molecule has 1 rings (SSSR count). The Morgan fingerprint density at radius 3 is 2.86 bits per heavy atom. The van der Waals surface area contributed by atoms with Gasteiger partial charge in [0.25, 0.3) is 0 Å². The van der Waals surface area contributed by atoms with Gasteiger partial charge >= 0.3 is 5.97 Å². The molecule has 1 unspecified atom stereocenters. The fraction of sp³-hybridized carbons (Fsp3) is 0.467. The zero-order valence-electron chi connectivity index (χ0n) is 12.0. The van der Waals surface area contributed by atoms with Gasteiger partial charge < -0.3 is 15.2 Å². The molecule has 0 radical (unpaired) electrons. The molecule has 0 bridgehead atoms. The molecular weight excluding hydrogens is 338 g/mol. The normalized spacial score (nSPS) is 11.7. The van der Waals surface area contributed by atoms with E-state index in [1.807, 2.05) is 24.3 Å². The largest absolute Gasteiger partial charge is 0.494 e. The number of aliphatic carboxylic acids is 1. The lowest BCUT2D eigenvalue weighted by molar-refractivity contribution is -0.138. The molecule has 1 aromatic carbocycles. The lowest BCUT2D eigenvalue weighted by Gasteiger charge is -2.10. The van der Waals surface area contributed by atoms with Crippen molar-refractivity contribution < 1.29 is 19.4 Å².